The summed E-state index contributed by atoms with van der Waals surface area (Å²) < 4.78 is 0. The van der Waals surface area contributed by atoms with Crippen molar-refractivity contribution in [3.05, 3.63) is 41.5 Å². The Hall–Kier alpha value is -1.88. The first-order chi connectivity index (χ1) is 10.1. The van der Waals surface area contributed by atoms with Crippen LogP contribution < -0.4 is 16.0 Å². The van der Waals surface area contributed by atoms with Crippen LogP contribution >= 0.6 is 12.2 Å². The number of thiocarbonyl (C=S) groups is 1. The van der Waals surface area contributed by atoms with Crippen molar-refractivity contribution in [3.63, 3.8) is 0 Å². The SMILES string of the molecule is CCc1cccc(C)c1NC(=S)NC(=N)NC1CC=CC1. The molecular formula is C16H22N4S. The van der Waals surface area contributed by atoms with Crippen LogP contribution in [-0.2, 0) is 6.42 Å². The molecule has 1 aliphatic carbocycles. The number of guanidine groups is 1. The third-order valence-corrected chi connectivity index (χ3v) is 3.78. The molecular weight excluding hydrogens is 280 g/mol. The lowest BCUT2D eigenvalue weighted by Gasteiger charge is -2.18. The molecule has 0 atom stereocenters. The van der Waals surface area contributed by atoms with Gasteiger partial charge in [0.25, 0.3) is 0 Å². The minimum atomic E-state index is 0.243. The van der Waals surface area contributed by atoms with E-state index in [-0.39, 0.29) is 5.96 Å². The Balaban J connectivity index is 1.91. The van der Waals surface area contributed by atoms with Gasteiger partial charge < -0.3 is 16.0 Å². The van der Waals surface area contributed by atoms with Gasteiger partial charge in [-0.1, -0.05) is 37.3 Å². The third kappa shape index (κ3) is 4.29. The number of para-hydroxylation sites is 1. The summed E-state index contributed by atoms with van der Waals surface area (Å²) in [6.07, 6.45) is 7.12. The summed E-state index contributed by atoms with van der Waals surface area (Å²) in [6.45, 7) is 4.17. The van der Waals surface area contributed by atoms with Crippen molar-refractivity contribution in [2.24, 2.45) is 0 Å². The maximum atomic E-state index is 7.92. The van der Waals surface area contributed by atoms with Crippen LogP contribution in [-0.4, -0.2) is 17.1 Å². The van der Waals surface area contributed by atoms with Gasteiger partial charge in [0.2, 0.25) is 0 Å². The zero-order chi connectivity index (χ0) is 15.2. The molecule has 4 N–H and O–H groups in total. The standard InChI is InChI=1S/C16H22N4S/c1-3-12-8-6-7-11(2)14(12)19-16(21)20-15(17)18-13-9-4-5-10-13/h4-8,13H,3,9-10H2,1-2H3,(H4,17,18,19,20,21). The number of benzene rings is 1. The lowest BCUT2D eigenvalue weighted by atomic mass is 10.1. The average Bonchev–Trinajstić information content (AvgIpc) is 2.93. The highest BCUT2D eigenvalue weighted by atomic mass is 32.1. The Morgan fingerprint density at radius 3 is 2.71 bits per heavy atom. The van der Waals surface area contributed by atoms with Gasteiger partial charge in [-0.15, -0.1) is 0 Å². The average molecular weight is 302 g/mol. The second-order valence-electron chi connectivity index (χ2n) is 5.20. The van der Waals surface area contributed by atoms with Crippen LogP contribution in [0.15, 0.2) is 30.4 Å². The van der Waals surface area contributed by atoms with Gasteiger partial charge in [-0.05, 0) is 49.5 Å². The molecule has 1 aromatic carbocycles. The van der Waals surface area contributed by atoms with E-state index >= 15 is 0 Å². The first-order valence-corrected chi connectivity index (χ1v) is 7.67. The predicted octanol–water partition coefficient (Wildman–Crippen LogP) is 3.09. The van der Waals surface area contributed by atoms with Crippen molar-refractivity contribution < 1.29 is 0 Å². The third-order valence-electron chi connectivity index (χ3n) is 3.57. The highest BCUT2D eigenvalue weighted by Gasteiger charge is 2.12. The van der Waals surface area contributed by atoms with E-state index in [1.807, 2.05) is 6.07 Å². The molecule has 0 heterocycles. The molecule has 1 aromatic rings. The Labute approximate surface area is 131 Å². The van der Waals surface area contributed by atoms with Gasteiger partial charge in [-0.3, -0.25) is 5.41 Å². The van der Waals surface area contributed by atoms with Crippen molar-refractivity contribution in [2.45, 2.75) is 39.2 Å². The molecule has 0 unspecified atom stereocenters. The van der Waals surface area contributed by atoms with Gasteiger partial charge in [0.1, 0.15) is 0 Å². The summed E-state index contributed by atoms with van der Waals surface area (Å²) in [5.74, 6) is 0.243. The van der Waals surface area contributed by atoms with Crippen molar-refractivity contribution in [1.29, 1.82) is 5.41 Å². The molecule has 5 heteroatoms. The zero-order valence-electron chi connectivity index (χ0n) is 12.5. The van der Waals surface area contributed by atoms with Gasteiger partial charge in [0, 0.05) is 11.7 Å². The van der Waals surface area contributed by atoms with Gasteiger partial charge >= 0.3 is 0 Å². The van der Waals surface area contributed by atoms with Crippen molar-refractivity contribution in [2.75, 3.05) is 5.32 Å². The smallest absolute Gasteiger partial charge is 0.194 e. The lowest BCUT2D eigenvalue weighted by molar-refractivity contribution is 0.643. The van der Waals surface area contributed by atoms with Crippen LogP contribution in [0.3, 0.4) is 0 Å². The Kier molecular flexibility index (Phi) is 5.33. The van der Waals surface area contributed by atoms with E-state index in [2.05, 4.69) is 54.1 Å². The van der Waals surface area contributed by atoms with E-state index in [4.69, 9.17) is 17.6 Å². The maximum absolute atomic E-state index is 7.92. The number of aryl methyl sites for hydroxylation is 2. The maximum Gasteiger partial charge on any atom is 0.194 e. The molecule has 0 spiro atoms. The Bertz CT molecular complexity index is 557. The molecule has 2 rings (SSSR count). The molecule has 0 amide bonds. The molecule has 0 aliphatic heterocycles. The normalized spacial score (nSPS) is 14.0. The fraction of sp³-hybridized carbons (Fsp3) is 0.375. The summed E-state index contributed by atoms with van der Waals surface area (Å²) in [5.41, 5.74) is 3.41. The first kappa shape index (κ1) is 15.5. The van der Waals surface area contributed by atoms with E-state index in [0.29, 0.717) is 11.2 Å². The fourth-order valence-corrected chi connectivity index (χ4v) is 2.64. The van der Waals surface area contributed by atoms with Crippen molar-refractivity contribution in [1.82, 2.24) is 10.6 Å². The van der Waals surface area contributed by atoms with Crippen LogP contribution in [0.4, 0.5) is 5.69 Å². The van der Waals surface area contributed by atoms with Crippen LogP contribution in [0.5, 0.6) is 0 Å². The molecule has 4 nitrogen and oxygen atoms in total. The summed E-state index contributed by atoms with van der Waals surface area (Å²) >= 11 is 5.30. The molecule has 0 radical (unpaired) electrons. The van der Waals surface area contributed by atoms with Crippen LogP contribution in [0, 0.1) is 12.3 Å². The molecule has 0 fully saturated rings. The largest absolute Gasteiger partial charge is 0.353 e. The van der Waals surface area contributed by atoms with E-state index in [0.717, 1.165) is 30.5 Å². The van der Waals surface area contributed by atoms with E-state index in [9.17, 15) is 0 Å². The minimum absolute atomic E-state index is 0.243. The molecule has 0 aromatic heterocycles. The number of hydrogen-bond donors (Lipinski definition) is 4. The topological polar surface area (TPSA) is 59.9 Å². The molecule has 1 aliphatic rings. The zero-order valence-corrected chi connectivity index (χ0v) is 13.3. The molecule has 0 saturated heterocycles. The Morgan fingerprint density at radius 1 is 1.33 bits per heavy atom. The van der Waals surface area contributed by atoms with Gasteiger partial charge in [0.05, 0.1) is 0 Å². The molecule has 112 valence electrons. The Morgan fingerprint density at radius 2 is 2.05 bits per heavy atom. The second kappa shape index (κ2) is 7.22. The van der Waals surface area contributed by atoms with Crippen molar-refractivity contribution >= 4 is 29.0 Å². The van der Waals surface area contributed by atoms with Gasteiger partial charge in [-0.25, -0.2) is 0 Å². The number of nitrogens with one attached hydrogen (secondary N) is 4. The first-order valence-electron chi connectivity index (χ1n) is 7.26. The summed E-state index contributed by atoms with van der Waals surface area (Å²) in [5, 5.41) is 17.6. The van der Waals surface area contributed by atoms with Crippen LogP contribution in [0.2, 0.25) is 0 Å². The highest BCUT2D eigenvalue weighted by Crippen LogP contribution is 2.20. The van der Waals surface area contributed by atoms with E-state index < -0.39 is 0 Å². The number of hydrogen-bond acceptors (Lipinski definition) is 2. The molecule has 0 saturated carbocycles. The molecule has 0 bridgehead atoms. The summed E-state index contributed by atoms with van der Waals surface area (Å²) in [7, 11) is 0. The fourth-order valence-electron chi connectivity index (χ4n) is 2.44. The van der Waals surface area contributed by atoms with E-state index in [1.54, 1.807) is 0 Å². The van der Waals surface area contributed by atoms with Crippen LogP contribution in [0.1, 0.15) is 30.9 Å². The van der Waals surface area contributed by atoms with E-state index in [1.165, 1.54) is 5.56 Å². The lowest BCUT2D eigenvalue weighted by Crippen LogP contribution is -2.45. The monoisotopic (exact) mass is 302 g/mol. The summed E-state index contributed by atoms with van der Waals surface area (Å²) in [6, 6.07) is 6.49. The predicted molar refractivity (Wildman–Crippen MR) is 92.9 cm³/mol. The quantitative estimate of drug-likeness (QED) is 0.300. The minimum Gasteiger partial charge on any atom is -0.353 e. The summed E-state index contributed by atoms with van der Waals surface area (Å²) in [4.78, 5) is 0. The highest BCUT2D eigenvalue weighted by molar-refractivity contribution is 7.80. The number of anilines is 1. The van der Waals surface area contributed by atoms with Gasteiger partial charge in [0.15, 0.2) is 11.1 Å². The van der Waals surface area contributed by atoms with Gasteiger partial charge in [-0.2, -0.15) is 0 Å². The van der Waals surface area contributed by atoms with Crippen LogP contribution in [0.25, 0.3) is 0 Å². The number of rotatable bonds is 3. The van der Waals surface area contributed by atoms with Crippen molar-refractivity contribution in [3.8, 4) is 0 Å². The molecule has 21 heavy (non-hydrogen) atoms. The second-order valence-corrected chi connectivity index (χ2v) is 5.61.